The van der Waals surface area contributed by atoms with Crippen LogP contribution in [0.5, 0.6) is 0 Å². The van der Waals surface area contributed by atoms with Crippen molar-refractivity contribution in [1.29, 1.82) is 0 Å². The predicted octanol–water partition coefficient (Wildman–Crippen LogP) is 7.55. The Bertz CT molecular complexity index is 1320. The molecule has 0 spiro atoms. The Labute approximate surface area is 336 Å². The van der Waals surface area contributed by atoms with Crippen molar-refractivity contribution in [2.75, 3.05) is 19.0 Å². The van der Waals surface area contributed by atoms with Gasteiger partial charge in [-0.1, -0.05) is 138 Å². The summed E-state index contributed by atoms with van der Waals surface area (Å²) in [5.41, 5.74) is 0. The first kappa shape index (κ1) is 51.1. The maximum absolute atomic E-state index is 12.7. The van der Waals surface area contributed by atoms with Crippen LogP contribution in [0.3, 0.4) is 0 Å². The molecule has 0 saturated carbocycles. The van der Waals surface area contributed by atoms with Crippen molar-refractivity contribution >= 4 is 22.1 Å². The molecular weight excluding hydrogens is 741 g/mol. The second-order valence-electron chi connectivity index (χ2n) is 13.9. The highest BCUT2D eigenvalue weighted by Crippen LogP contribution is 2.24. The second kappa shape index (κ2) is 33.1. The van der Waals surface area contributed by atoms with E-state index in [2.05, 4.69) is 68.5 Å². The molecule has 6 atom stereocenters. The Morgan fingerprint density at radius 1 is 0.625 bits per heavy atom. The van der Waals surface area contributed by atoms with Gasteiger partial charge in [0.2, 0.25) is 0 Å². The number of carbonyl (C=O) groups excluding carboxylic acids is 2. The average Bonchev–Trinajstić information content (AvgIpc) is 3.16. The molecule has 1 aliphatic heterocycles. The number of hydrogen-bond acceptors (Lipinski definition) is 11. The van der Waals surface area contributed by atoms with Crippen molar-refractivity contribution in [1.82, 2.24) is 0 Å². The van der Waals surface area contributed by atoms with E-state index >= 15 is 0 Å². The molecule has 56 heavy (non-hydrogen) atoms. The van der Waals surface area contributed by atoms with Crippen molar-refractivity contribution in [3.05, 3.63) is 72.9 Å². The number of rotatable bonds is 32. The number of aliphatic hydroxyl groups excluding tert-OH is 3. The second-order valence-corrected chi connectivity index (χ2v) is 15.4. The van der Waals surface area contributed by atoms with E-state index in [0.29, 0.717) is 19.3 Å². The zero-order chi connectivity index (χ0) is 41.3. The Kier molecular flexibility index (Phi) is 30.2. The fourth-order valence-electron chi connectivity index (χ4n) is 5.64. The number of aliphatic hydroxyl groups is 3. The van der Waals surface area contributed by atoms with E-state index in [4.69, 9.17) is 18.9 Å². The molecule has 1 saturated heterocycles. The van der Waals surface area contributed by atoms with Crippen molar-refractivity contribution in [2.45, 2.75) is 166 Å². The lowest BCUT2D eigenvalue weighted by atomic mass is 10.00. The summed E-state index contributed by atoms with van der Waals surface area (Å²) in [6, 6.07) is 0. The maximum Gasteiger partial charge on any atom is 0.306 e. The third-order valence-corrected chi connectivity index (χ3v) is 9.56. The Hall–Kier alpha value is -2.91. The van der Waals surface area contributed by atoms with Crippen LogP contribution in [-0.2, 0) is 38.7 Å². The third kappa shape index (κ3) is 27.6. The highest BCUT2D eigenvalue weighted by atomic mass is 32.2. The smallest absolute Gasteiger partial charge is 0.306 e. The zero-order valence-electron chi connectivity index (χ0n) is 33.7. The van der Waals surface area contributed by atoms with Gasteiger partial charge in [0, 0.05) is 12.8 Å². The molecule has 6 unspecified atom stereocenters. The van der Waals surface area contributed by atoms with E-state index in [-0.39, 0.29) is 19.4 Å². The molecule has 0 radical (unpaired) electrons. The molecule has 1 aliphatic rings. The monoisotopic (exact) mass is 810 g/mol. The van der Waals surface area contributed by atoms with Gasteiger partial charge in [0.25, 0.3) is 10.1 Å². The summed E-state index contributed by atoms with van der Waals surface area (Å²) in [5, 5.41) is 30.8. The number of carbonyl (C=O) groups is 2. The number of hydrogen-bond donors (Lipinski definition) is 4. The van der Waals surface area contributed by atoms with E-state index in [1.807, 2.05) is 18.2 Å². The molecule has 0 aliphatic carbocycles. The minimum absolute atomic E-state index is 0.0367. The van der Waals surface area contributed by atoms with Crippen LogP contribution in [-0.4, -0.2) is 96.0 Å². The summed E-state index contributed by atoms with van der Waals surface area (Å²) in [6.45, 7) is 3.52. The minimum atomic E-state index is -4.61. The molecule has 1 heterocycles. The van der Waals surface area contributed by atoms with Gasteiger partial charge < -0.3 is 34.3 Å². The molecule has 12 nitrogen and oxygen atoms in total. The SMILES string of the molecule is CC/C=C\C/C=C\C/C=C\C/C=C\C/C=C\C/C=C\CCC(=O)OC(COC(=O)CCCCCCCCCCC)COC1OC(CS(=O)(=O)O)C(O)C(O)C1O. The van der Waals surface area contributed by atoms with E-state index in [1.54, 1.807) is 0 Å². The molecule has 0 amide bonds. The molecule has 0 aromatic carbocycles. The molecular formula is C43H70O12S. The van der Waals surface area contributed by atoms with Gasteiger partial charge in [0.05, 0.1) is 6.61 Å². The lowest BCUT2D eigenvalue weighted by molar-refractivity contribution is -0.297. The van der Waals surface area contributed by atoms with Crippen molar-refractivity contribution in [3.8, 4) is 0 Å². The summed E-state index contributed by atoms with van der Waals surface area (Å²) >= 11 is 0. The first-order valence-corrected chi connectivity index (χ1v) is 22.1. The summed E-state index contributed by atoms with van der Waals surface area (Å²) in [5.74, 6) is -2.10. The Morgan fingerprint density at radius 3 is 1.64 bits per heavy atom. The van der Waals surface area contributed by atoms with E-state index in [9.17, 15) is 37.9 Å². The summed E-state index contributed by atoms with van der Waals surface area (Å²) in [6.07, 6.45) is 31.2. The van der Waals surface area contributed by atoms with Crippen molar-refractivity contribution in [2.24, 2.45) is 0 Å². The number of allylic oxidation sites excluding steroid dienone is 12. The Morgan fingerprint density at radius 2 is 1.12 bits per heavy atom. The van der Waals surface area contributed by atoms with Crippen LogP contribution >= 0.6 is 0 Å². The third-order valence-electron chi connectivity index (χ3n) is 8.81. The predicted molar refractivity (Wildman–Crippen MR) is 219 cm³/mol. The fourth-order valence-corrected chi connectivity index (χ4v) is 6.33. The van der Waals surface area contributed by atoms with Gasteiger partial charge in [-0.2, -0.15) is 8.42 Å². The average molecular weight is 811 g/mol. The molecule has 1 rings (SSSR count). The van der Waals surface area contributed by atoms with Crippen LogP contribution in [0.4, 0.5) is 0 Å². The van der Waals surface area contributed by atoms with E-state index in [1.165, 1.54) is 32.1 Å². The van der Waals surface area contributed by atoms with Crippen molar-refractivity contribution in [3.63, 3.8) is 0 Å². The first-order valence-electron chi connectivity index (χ1n) is 20.5. The molecule has 0 aromatic heterocycles. The van der Waals surface area contributed by atoms with Crippen molar-refractivity contribution < 1.29 is 56.8 Å². The van der Waals surface area contributed by atoms with Gasteiger partial charge in [-0.25, -0.2) is 0 Å². The van der Waals surface area contributed by atoms with Gasteiger partial charge in [-0.05, 0) is 51.4 Å². The normalized spacial score (nSPS) is 21.4. The lowest BCUT2D eigenvalue weighted by Crippen LogP contribution is -2.60. The molecule has 13 heteroatoms. The summed E-state index contributed by atoms with van der Waals surface area (Å²) in [4.78, 5) is 25.2. The molecule has 320 valence electrons. The van der Waals surface area contributed by atoms with Gasteiger partial charge in [-0.15, -0.1) is 0 Å². The highest BCUT2D eigenvalue weighted by Gasteiger charge is 2.46. The van der Waals surface area contributed by atoms with Gasteiger partial charge >= 0.3 is 11.9 Å². The van der Waals surface area contributed by atoms with Crippen LogP contribution in [0.2, 0.25) is 0 Å². The number of esters is 2. The maximum atomic E-state index is 12.7. The highest BCUT2D eigenvalue weighted by molar-refractivity contribution is 7.85. The van der Waals surface area contributed by atoms with Gasteiger partial charge in [0.1, 0.15) is 36.8 Å². The number of unbranched alkanes of at least 4 members (excludes halogenated alkanes) is 8. The van der Waals surface area contributed by atoms with Gasteiger partial charge in [0.15, 0.2) is 12.4 Å². The first-order chi connectivity index (χ1) is 27.0. The molecule has 0 bridgehead atoms. The molecule has 4 N–H and O–H groups in total. The van der Waals surface area contributed by atoms with Crippen LogP contribution < -0.4 is 0 Å². The quantitative estimate of drug-likeness (QED) is 0.0227. The fraction of sp³-hybridized carbons (Fsp3) is 0.674. The standard InChI is InChI=1S/C43H70O12S/c1-3-5-7-9-11-13-14-15-16-17-18-19-20-21-22-24-26-28-30-32-39(45)54-36(33-52-38(44)31-29-27-25-23-12-10-8-6-4-2)34-53-43-42(48)41(47)40(46)37(55-43)35-56(49,50)51/h5,7,11,13,15-16,18-19,21-22,26,28,36-37,40-43,46-48H,3-4,6,8-10,12,14,17,20,23-25,27,29-35H2,1-2H3,(H,49,50,51)/b7-5-,13-11-,16-15-,19-18-,22-21-,28-26-. The van der Waals surface area contributed by atoms with E-state index < -0.39 is 71.2 Å². The van der Waals surface area contributed by atoms with Crippen LogP contribution in [0.25, 0.3) is 0 Å². The lowest BCUT2D eigenvalue weighted by Gasteiger charge is -2.40. The topological polar surface area (TPSA) is 186 Å². The summed E-state index contributed by atoms with van der Waals surface area (Å²) in [7, 11) is -4.61. The summed E-state index contributed by atoms with van der Waals surface area (Å²) < 4.78 is 53.7. The largest absolute Gasteiger partial charge is 0.462 e. The zero-order valence-corrected chi connectivity index (χ0v) is 34.5. The molecule has 0 aromatic rings. The molecule has 1 fully saturated rings. The Balaban J connectivity index is 2.55. The number of ether oxygens (including phenoxy) is 4. The minimum Gasteiger partial charge on any atom is -0.462 e. The van der Waals surface area contributed by atoms with Crippen LogP contribution in [0.1, 0.15) is 129 Å². The van der Waals surface area contributed by atoms with Gasteiger partial charge in [-0.3, -0.25) is 14.1 Å². The van der Waals surface area contributed by atoms with Crippen LogP contribution in [0, 0.1) is 0 Å². The van der Waals surface area contributed by atoms with E-state index in [0.717, 1.165) is 51.4 Å². The van der Waals surface area contributed by atoms with Crippen LogP contribution in [0.15, 0.2) is 72.9 Å².